The maximum absolute atomic E-state index is 13.3. The van der Waals surface area contributed by atoms with Crippen LogP contribution in [0.2, 0.25) is 0 Å². The summed E-state index contributed by atoms with van der Waals surface area (Å²) in [7, 11) is 1.41. The van der Waals surface area contributed by atoms with Gasteiger partial charge in [0.1, 0.15) is 11.5 Å². The highest BCUT2D eigenvalue weighted by molar-refractivity contribution is 5.89. The molecule has 4 nitrogen and oxygen atoms in total. The Labute approximate surface area is 128 Å². The molecule has 1 heterocycles. The summed E-state index contributed by atoms with van der Waals surface area (Å²) in [6, 6.07) is 4.72. The van der Waals surface area contributed by atoms with E-state index in [1.807, 2.05) is 6.07 Å². The van der Waals surface area contributed by atoms with E-state index < -0.39 is 23.4 Å². The second kappa shape index (κ2) is 5.73. The first kappa shape index (κ1) is 16.5. The molecule has 22 heavy (non-hydrogen) atoms. The summed E-state index contributed by atoms with van der Waals surface area (Å²) in [6.07, 6.45) is -1.02. The molecule has 0 saturated heterocycles. The second-order valence-electron chi connectivity index (χ2n) is 6.25. The minimum atomic E-state index is -2.70. The molecule has 0 amide bonds. The van der Waals surface area contributed by atoms with Gasteiger partial charge in [0.05, 0.1) is 11.8 Å². The molecule has 1 aromatic rings. The summed E-state index contributed by atoms with van der Waals surface area (Å²) < 4.78 is 32.2. The van der Waals surface area contributed by atoms with E-state index in [1.165, 1.54) is 25.4 Å². The molecular formula is C16H18F2N2O2. The van der Waals surface area contributed by atoms with Crippen LogP contribution in [0.25, 0.3) is 0 Å². The van der Waals surface area contributed by atoms with Crippen LogP contribution in [0.4, 0.5) is 8.78 Å². The molecule has 6 heteroatoms. The van der Waals surface area contributed by atoms with Gasteiger partial charge in [-0.15, -0.1) is 0 Å². The number of methoxy groups -OCH3 is 1. The fraction of sp³-hybridized carbons (Fsp3) is 0.562. The normalized spacial score (nSPS) is 27.7. The van der Waals surface area contributed by atoms with Crippen molar-refractivity contribution in [2.24, 2.45) is 11.3 Å². The largest absolute Gasteiger partial charge is 0.372 e. The van der Waals surface area contributed by atoms with Gasteiger partial charge in [0, 0.05) is 30.7 Å². The van der Waals surface area contributed by atoms with Crippen LogP contribution in [0.15, 0.2) is 18.3 Å². The fourth-order valence-electron chi connectivity index (χ4n) is 3.28. The molecule has 0 radical (unpaired) electrons. The average molecular weight is 308 g/mol. The molecule has 2 atom stereocenters. The maximum atomic E-state index is 13.3. The van der Waals surface area contributed by atoms with Crippen LogP contribution >= 0.6 is 0 Å². The van der Waals surface area contributed by atoms with E-state index in [0.29, 0.717) is 0 Å². The number of carbonyl (C=O) groups is 1. The van der Waals surface area contributed by atoms with Crippen molar-refractivity contribution in [3.8, 4) is 6.07 Å². The topological polar surface area (TPSA) is 63.0 Å². The predicted octanol–water partition coefficient (Wildman–Crippen LogP) is 3.39. The summed E-state index contributed by atoms with van der Waals surface area (Å²) in [5.41, 5.74) is -2.10. The standard InChI is InChI=1S/C16H18F2N2O2/c1-15(2)9-16(22-3,7-10(8-19)13(15)21)12-11(14(17)18)5-4-6-20-12/h4-6,10,14H,7,9H2,1-3H3. The van der Waals surface area contributed by atoms with Gasteiger partial charge in [0.25, 0.3) is 6.43 Å². The number of carbonyl (C=O) groups excluding carboxylic acids is 1. The van der Waals surface area contributed by atoms with E-state index in [2.05, 4.69) is 4.98 Å². The van der Waals surface area contributed by atoms with E-state index >= 15 is 0 Å². The highest BCUT2D eigenvalue weighted by Gasteiger charge is 2.52. The van der Waals surface area contributed by atoms with Crippen LogP contribution in [0.1, 0.15) is 44.4 Å². The molecule has 0 N–H and O–H groups in total. The van der Waals surface area contributed by atoms with Gasteiger partial charge in [-0.1, -0.05) is 13.8 Å². The zero-order valence-electron chi connectivity index (χ0n) is 12.8. The van der Waals surface area contributed by atoms with Crippen molar-refractivity contribution in [3.05, 3.63) is 29.6 Å². The van der Waals surface area contributed by atoms with Crippen molar-refractivity contribution < 1.29 is 18.3 Å². The molecule has 1 aromatic heterocycles. The summed E-state index contributed by atoms with van der Waals surface area (Å²) in [5, 5.41) is 9.25. The Morgan fingerprint density at radius 3 is 2.73 bits per heavy atom. The van der Waals surface area contributed by atoms with Gasteiger partial charge in [-0.05, 0) is 18.6 Å². The number of pyridine rings is 1. The number of nitriles is 1. The molecule has 1 fully saturated rings. The van der Waals surface area contributed by atoms with Gasteiger partial charge in [0.2, 0.25) is 0 Å². The Bertz CT molecular complexity index is 625. The maximum Gasteiger partial charge on any atom is 0.265 e. The van der Waals surface area contributed by atoms with Crippen molar-refractivity contribution in [1.29, 1.82) is 5.26 Å². The minimum Gasteiger partial charge on any atom is -0.372 e. The lowest BCUT2D eigenvalue weighted by Gasteiger charge is -2.44. The Balaban J connectivity index is 2.59. The molecule has 0 aromatic carbocycles. The molecular weight excluding hydrogens is 290 g/mol. The summed E-state index contributed by atoms with van der Waals surface area (Å²) in [5.74, 6) is -1.08. The van der Waals surface area contributed by atoms with Gasteiger partial charge >= 0.3 is 0 Å². The van der Waals surface area contributed by atoms with Crippen LogP contribution in [0.5, 0.6) is 0 Å². The van der Waals surface area contributed by atoms with Gasteiger partial charge in [0.15, 0.2) is 5.78 Å². The first-order valence-corrected chi connectivity index (χ1v) is 7.00. The number of ketones is 1. The van der Waals surface area contributed by atoms with Crippen LogP contribution in [0, 0.1) is 22.7 Å². The van der Waals surface area contributed by atoms with E-state index in [9.17, 15) is 18.8 Å². The minimum absolute atomic E-state index is 0.0407. The zero-order valence-corrected chi connectivity index (χ0v) is 12.8. The molecule has 1 aliphatic carbocycles. The third-order valence-corrected chi connectivity index (χ3v) is 4.30. The Morgan fingerprint density at radius 1 is 1.50 bits per heavy atom. The molecule has 0 spiro atoms. The van der Waals surface area contributed by atoms with Gasteiger partial charge in [-0.2, -0.15) is 5.26 Å². The van der Waals surface area contributed by atoms with Gasteiger partial charge < -0.3 is 4.74 Å². The third kappa shape index (κ3) is 2.61. The Morgan fingerprint density at radius 2 is 2.18 bits per heavy atom. The monoisotopic (exact) mass is 308 g/mol. The number of alkyl halides is 2. The molecule has 0 aliphatic heterocycles. The van der Waals surface area contributed by atoms with Crippen molar-refractivity contribution >= 4 is 5.78 Å². The highest BCUT2D eigenvalue weighted by Crippen LogP contribution is 2.49. The van der Waals surface area contributed by atoms with Crippen LogP contribution < -0.4 is 0 Å². The molecule has 2 unspecified atom stereocenters. The lowest BCUT2D eigenvalue weighted by molar-refractivity contribution is -0.148. The van der Waals surface area contributed by atoms with Crippen LogP contribution in [-0.2, 0) is 15.1 Å². The number of Topliss-reactive ketones (excluding diaryl/α,β-unsaturated/α-hetero) is 1. The lowest BCUT2D eigenvalue weighted by atomic mass is 9.63. The first-order valence-electron chi connectivity index (χ1n) is 7.00. The Hall–Kier alpha value is -1.87. The summed E-state index contributed by atoms with van der Waals surface area (Å²) in [4.78, 5) is 16.4. The second-order valence-corrected chi connectivity index (χ2v) is 6.25. The van der Waals surface area contributed by atoms with Crippen molar-refractivity contribution in [1.82, 2.24) is 4.98 Å². The number of hydrogen-bond donors (Lipinski definition) is 0. The molecule has 0 bridgehead atoms. The van der Waals surface area contributed by atoms with Gasteiger partial charge in [-0.25, -0.2) is 8.78 Å². The van der Waals surface area contributed by atoms with E-state index in [-0.39, 0.29) is 29.9 Å². The quantitative estimate of drug-likeness (QED) is 0.858. The summed E-state index contributed by atoms with van der Waals surface area (Å²) >= 11 is 0. The third-order valence-electron chi connectivity index (χ3n) is 4.30. The summed E-state index contributed by atoms with van der Waals surface area (Å²) in [6.45, 7) is 3.41. The van der Waals surface area contributed by atoms with Crippen molar-refractivity contribution in [2.75, 3.05) is 7.11 Å². The van der Waals surface area contributed by atoms with Crippen molar-refractivity contribution in [3.63, 3.8) is 0 Å². The van der Waals surface area contributed by atoms with Crippen LogP contribution in [-0.4, -0.2) is 17.9 Å². The van der Waals surface area contributed by atoms with Gasteiger partial charge in [-0.3, -0.25) is 9.78 Å². The van der Waals surface area contributed by atoms with E-state index in [1.54, 1.807) is 13.8 Å². The Kier molecular flexibility index (Phi) is 4.30. The van der Waals surface area contributed by atoms with E-state index in [4.69, 9.17) is 4.74 Å². The zero-order chi connectivity index (χ0) is 16.5. The smallest absolute Gasteiger partial charge is 0.265 e. The molecule has 2 rings (SSSR count). The van der Waals surface area contributed by atoms with Crippen molar-refractivity contribution in [2.45, 2.75) is 38.7 Å². The fourth-order valence-corrected chi connectivity index (χ4v) is 3.28. The molecule has 1 saturated carbocycles. The molecule has 118 valence electrons. The number of nitrogens with zero attached hydrogens (tertiary/aromatic N) is 2. The number of rotatable bonds is 3. The van der Waals surface area contributed by atoms with E-state index in [0.717, 1.165) is 0 Å². The highest BCUT2D eigenvalue weighted by atomic mass is 19.3. The lowest BCUT2D eigenvalue weighted by Crippen LogP contribution is -2.48. The number of hydrogen-bond acceptors (Lipinski definition) is 4. The number of aromatic nitrogens is 1. The predicted molar refractivity (Wildman–Crippen MR) is 75.0 cm³/mol. The SMILES string of the molecule is COC1(c2ncccc2C(F)F)CC(C#N)C(=O)C(C)(C)C1. The number of halogens is 2. The average Bonchev–Trinajstić information content (AvgIpc) is 2.49. The first-order chi connectivity index (χ1) is 10.3. The number of ether oxygens (including phenoxy) is 1. The van der Waals surface area contributed by atoms with Crippen LogP contribution in [0.3, 0.4) is 0 Å². The molecule has 1 aliphatic rings.